The normalized spacial score (nSPS) is 10.8. The molecule has 6 nitrogen and oxygen atoms in total. The Morgan fingerprint density at radius 2 is 1.96 bits per heavy atom. The third-order valence-electron chi connectivity index (χ3n) is 4.41. The van der Waals surface area contributed by atoms with Crippen LogP contribution in [-0.2, 0) is 0 Å². The molecule has 4 rings (SSSR count). The fourth-order valence-electron chi connectivity index (χ4n) is 2.85. The number of nitrogens with zero attached hydrogens (tertiary/aromatic N) is 4. The zero-order chi connectivity index (χ0) is 18.3. The summed E-state index contributed by atoms with van der Waals surface area (Å²) in [6.07, 6.45) is 3.42. The second-order valence-corrected chi connectivity index (χ2v) is 6.05. The number of hydrogen-bond acceptors (Lipinski definition) is 6. The summed E-state index contributed by atoms with van der Waals surface area (Å²) in [6, 6.07) is 11.6. The summed E-state index contributed by atoms with van der Waals surface area (Å²) in [6.45, 7) is 3.92. The highest BCUT2D eigenvalue weighted by Crippen LogP contribution is 2.35. The minimum atomic E-state index is 0.0853. The molecule has 0 saturated heterocycles. The van der Waals surface area contributed by atoms with Crippen molar-refractivity contribution in [3.05, 3.63) is 59.6 Å². The van der Waals surface area contributed by atoms with Crippen molar-refractivity contribution in [2.24, 2.45) is 0 Å². The number of aromatic nitrogens is 3. The van der Waals surface area contributed by atoms with Gasteiger partial charge in [0, 0.05) is 17.1 Å². The van der Waals surface area contributed by atoms with Gasteiger partial charge in [0.05, 0.1) is 11.8 Å². The summed E-state index contributed by atoms with van der Waals surface area (Å²) in [7, 11) is 0. The number of pyridine rings is 1. The molecule has 0 atom stereocenters. The number of anilines is 1. The number of fused-ring (bicyclic) bond motifs is 1. The van der Waals surface area contributed by atoms with Crippen molar-refractivity contribution in [3.8, 4) is 28.8 Å². The second-order valence-electron chi connectivity index (χ2n) is 6.05. The van der Waals surface area contributed by atoms with Crippen molar-refractivity contribution in [2.45, 2.75) is 13.8 Å². The van der Waals surface area contributed by atoms with Crippen LogP contribution in [0.3, 0.4) is 0 Å². The van der Waals surface area contributed by atoms with Crippen LogP contribution in [0.2, 0.25) is 0 Å². The number of nitrogen functional groups attached to an aromatic ring is 1. The second kappa shape index (κ2) is 5.97. The molecule has 0 aliphatic rings. The molecule has 0 aliphatic carbocycles. The Morgan fingerprint density at radius 1 is 1.12 bits per heavy atom. The number of rotatable bonds is 2. The molecule has 0 fully saturated rings. The Bertz CT molecular complexity index is 1190. The first-order chi connectivity index (χ1) is 12.6. The monoisotopic (exact) mass is 341 g/mol. The van der Waals surface area contributed by atoms with Gasteiger partial charge in [-0.15, -0.1) is 0 Å². The van der Waals surface area contributed by atoms with Crippen molar-refractivity contribution in [3.63, 3.8) is 0 Å². The highest BCUT2D eigenvalue weighted by molar-refractivity contribution is 5.87. The fraction of sp³-hybridized carbons (Fsp3) is 0.100. The van der Waals surface area contributed by atoms with Crippen LogP contribution in [0.5, 0.6) is 0 Å². The molecule has 0 saturated carbocycles. The Balaban J connectivity index is 2.02. The summed E-state index contributed by atoms with van der Waals surface area (Å²) in [5.74, 6) is 0.689. The molecule has 0 aliphatic heterocycles. The first kappa shape index (κ1) is 15.8. The summed E-state index contributed by atoms with van der Waals surface area (Å²) < 4.78 is 5.71. The predicted molar refractivity (Wildman–Crippen MR) is 99.1 cm³/mol. The maximum atomic E-state index is 9.32. The SMILES string of the molecule is Cc1coc(-c2nc(N)c(C#N)nc2-c2ccc3ncccc3c2)c1C. The van der Waals surface area contributed by atoms with Crippen molar-refractivity contribution < 1.29 is 4.42 Å². The molecule has 126 valence electrons. The molecule has 3 heterocycles. The maximum Gasteiger partial charge on any atom is 0.183 e. The maximum absolute atomic E-state index is 9.32. The van der Waals surface area contributed by atoms with Crippen LogP contribution in [0.25, 0.3) is 33.6 Å². The van der Waals surface area contributed by atoms with E-state index < -0.39 is 0 Å². The predicted octanol–water partition coefficient (Wildman–Crippen LogP) is 4.02. The lowest BCUT2D eigenvalue weighted by Crippen LogP contribution is -2.03. The Labute approximate surface area is 150 Å². The average molecular weight is 341 g/mol. The van der Waals surface area contributed by atoms with Crippen LogP contribution in [0, 0.1) is 25.2 Å². The highest BCUT2D eigenvalue weighted by Gasteiger charge is 2.20. The van der Waals surface area contributed by atoms with Gasteiger partial charge in [0.2, 0.25) is 0 Å². The van der Waals surface area contributed by atoms with Crippen LogP contribution in [0.4, 0.5) is 5.82 Å². The van der Waals surface area contributed by atoms with Gasteiger partial charge in [-0.2, -0.15) is 5.26 Å². The van der Waals surface area contributed by atoms with E-state index in [9.17, 15) is 5.26 Å². The lowest BCUT2D eigenvalue weighted by molar-refractivity contribution is 0.576. The molecule has 6 heteroatoms. The number of hydrogen-bond donors (Lipinski definition) is 1. The first-order valence-electron chi connectivity index (χ1n) is 8.06. The molecule has 2 N–H and O–H groups in total. The average Bonchev–Trinajstić information content (AvgIpc) is 3.00. The van der Waals surface area contributed by atoms with Gasteiger partial charge < -0.3 is 10.2 Å². The van der Waals surface area contributed by atoms with Gasteiger partial charge in [0.15, 0.2) is 17.3 Å². The van der Waals surface area contributed by atoms with Crippen LogP contribution < -0.4 is 5.73 Å². The minimum absolute atomic E-state index is 0.0853. The number of benzene rings is 1. The minimum Gasteiger partial charge on any atom is -0.462 e. The van der Waals surface area contributed by atoms with E-state index in [4.69, 9.17) is 10.2 Å². The van der Waals surface area contributed by atoms with E-state index in [2.05, 4.69) is 15.0 Å². The molecule has 0 unspecified atom stereocenters. The van der Waals surface area contributed by atoms with E-state index >= 15 is 0 Å². The van der Waals surface area contributed by atoms with Crippen LogP contribution in [0.1, 0.15) is 16.8 Å². The molecular weight excluding hydrogens is 326 g/mol. The molecule has 0 spiro atoms. The molecule has 3 aromatic heterocycles. The van der Waals surface area contributed by atoms with E-state index in [1.807, 2.05) is 50.2 Å². The van der Waals surface area contributed by atoms with Crippen molar-refractivity contribution >= 4 is 16.7 Å². The van der Waals surface area contributed by atoms with Gasteiger partial charge in [-0.05, 0) is 43.2 Å². The lowest BCUT2D eigenvalue weighted by atomic mass is 10.0. The number of nitrogens with two attached hydrogens (primary N) is 1. The zero-order valence-corrected chi connectivity index (χ0v) is 14.3. The van der Waals surface area contributed by atoms with E-state index in [0.29, 0.717) is 17.1 Å². The molecular formula is C20H15N5O. The zero-order valence-electron chi connectivity index (χ0n) is 14.3. The third-order valence-corrected chi connectivity index (χ3v) is 4.41. The van der Waals surface area contributed by atoms with E-state index in [-0.39, 0.29) is 11.5 Å². The number of nitriles is 1. The number of furan rings is 1. The first-order valence-corrected chi connectivity index (χ1v) is 8.06. The quantitative estimate of drug-likeness (QED) is 0.591. The molecule has 0 amide bonds. The van der Waals surface area contributed by atoms with Gasteiger partial charge in [-0.3, -0.25) is 4.98 Å². The van der Waals surface area contributed by atoms with Gasteiger partial charge in [-0.25, -0.2) is 9.97 Å². The summed E-state index contributed by atoms with van der Waals surface area (Å²) in [5.41, 5.74) is 10.8. The van der Waals surface area contributed by atoms with E-state index in [0.717, 1.165) is 27.6 Å². The third kappa shape index (κ3) is 2.47. The summed E-state index contributed by atoms with van der Waals surface area (Å²) in [5, 5.41) is 10.3. The smallest absolute Gasteiger partial charge is 0.183 e. The fourth-order valence-corrected chi connectivity index (χ4v) is 2.85. The van der Waals surface area contributed by atoms with Crippen LogP contribution >= 0.6 is 0 Å². The highest BCUT2D eigenvalue weighted by atomic mass is 16.3. The van der Waals surface area contributed by atoms with Gasteiger partial charge in [-0.1, -0.05) is 12.1 Å². The molecule has 0 radical (unpaired) electrons. The van der Waals surface area contributed by atoms with Crippen LogP contribution in [-0.4, -0.2) is 15.0 Å². The van der Waals surface area contributed by atoms with Gasteiger partial charge >= 0.3 is 0 Å². The Hall–Kier alpha value is -3.72. The largest absolute Gasteiger partial charge is 0.462 e. The Kier molecular flexibility index (Phi) is 3.63. The number of aryl methyl sites for hydroxylation is 1. The van der Waals surface area contributed by atoms with Gasteiger partial charge in [0.1, 0.15) is 17.5 Å². The van der Waals surface area contributed by atoms with Gasteiger partial charge in [0.25, 0.3) is 0 Å². The van der Waals surface area contributed by atoms with Crippen molar-refractivity contribution in [1.82, 2.24) is 15.0 Å². The lowest BCUT2D eigenvalue weighted by Gasteiger charge is -2.10. The van der Waals surface area contributed by atoms with E-state index in [1.54, 1.807) is 12.5 Å². The molecule has 1 aromatic carbocycles. The Morgan fingerprint density at radius 3 is 2.69 bits per heavy atom. The summed E-state index contributed by atoms with van der Waals surface area (Å²) >= 11 is 0. The van der Waals surface area contributed by atoms with E-state index in [1.165, 1.54) is 0 Å². The van der Waals surface area contributed by atoms with Crippen molar-refractivity contribution in [1.29, 1.82) is 5.26 Å². The summed E-state index contributed by atoms with van der Waals surface area (Å²) in [4.78, 5) is 13.2. The standard InChI is InChI=1S/C20H15N5O/c1-11-10-26-19(12(11)2)18-17(24-16(9-21)20(22)25-18)14-5-6-15-13(8-14)4-3-7-23-15/h3-8,10H,1-2H3,(H2,22,25). The molecule has 26 heavy (non-hydrogen) atoms. The molecule has 4 aromatic rings. The van der Waals surface area contributed by atoms with Crippen LogP contribution in [0.15, 0.2) is 47.2 Å². The van der Waals surface area contributed by atoms with Crippen molar-refractivity contribution in [2.75, 3.05) is 5.73 Å². The molecule has 0 bridgehead atoms. The topological polar surface area (TPSA) is 102 Å².